The fourth-order valence-electron chi connectivity index (χ4n) is 3.02. The van der Waals surface area contributed by atoms with Crippen molar-refractivity contribution in [1.29, 1.82) is 0 Å². The lowest BCUT2D eigenvalue weighted by molar-refractivity contribution is 0.262. The molecule has 0 radical (unpaired) electrons. The second kappa shape index (κ2) is 6.52. The maximum Gasteiger partial charge on any atom is 0.323 e. The molecule has 0 spiro atoms. The molecule has 1 aliphatic rings. The van der Waals surface area contributed by atoms with Crippen LogP contribution < -0.4 is 27.0 Å². The quantitative estimate of drug-likeness (QED) is 0.566. The Hall–Kier alpha value is -3.33. The monoisotopic (exact) mass is 352 g/mol. The summed E-state index contributed by atoms with van der Waals surface area (Å²) in [5.41, 5.74) is 13.7. The highest BCUT2D eigenvalue weighted by atomic mass is 16.2. The summed E-state index contributed by atoms with van der Waals surface area (Å²) >= 11 is 0. The number of carbonyl (C=O) groups is 1. The smallest absolute Gasteiger partial charge is 0.323 e. The van der Waals surface area contributed by atoms with Crippen LogP contribution in [-0.2, 0) is 0 Å². The van der Waals surface area contributed by atoms with E-state index in [1.165, 1.54) is 10.7 Å². The molecule has 0 bridgehead atoms. The molecule has 3 aromatic rings. The van der Waals surface area contributed by atoms with Crippen LogP contribution in [0.2, 0.25) is 0 Å². The van der Waals surface area contributed by atoms with Gasteiger partial charge in [-0.3, -0.25) is 0 Å². The summed E-state index contributed by atoms with van der Waals surface area (Å²) in [5, 5.41) is 9.74. The molecule has 0 unspecified atom stereocenters. The molecule has 3 heterocycles. The zero-order valence-corrected chi connectivity index (χ0v) is 14.1. The molecule has 26 heavy (non-hydrogen) atoms. The lowest BCUT2D eigenvalue weighted by atomic mass is 10.3. The number of nitrogens with zero attached hydrogens (tertiary/aromatic N) is 4. The maximum absolute atomic E-state index is 12.2. The van der Waals surface area contributed by atoms with Crippen molar-refractivity contribution in [2.24, 2.45) is 5.73 Å². The summed E-state index contributed by atoms with van der Waals surface area (Å²) in [5.74, 6) is 1.18. The van der Waals surface area contributed by atoms with E-state index in [9.17, 15) is 4.79 Å². The first-order valence-corrected chi connectivity index (χ1v) is 8.38. The first-order chi connectivity index (χ1) is 12.6. The first-order valence-electron chi connectivity index (χ1n) is 8.38. The van der Waals surface area contributed by atoms with Crippen LogP contribution in [0.5, 0.6) is 0 Å². The van der Waals surface area contributed by atoms with Gasteiger partial charge in [0.15, 0.2) is 5.65 Å². The number of hydrogen-bond donors (Lipinski definition) is 4. The van der Waals surface area contributed by atoms with E-state index >= 15 is 0 Å². The van der Waals surface area contributed by atoms with E-state index in [2.05, 4.69) is 25.6 Å². The minimum atomic E-state index is -0.375. The number of nitrogens with two attached hydrogens (primary N) is 2. The largest absolute Gasteiger partial charge is 0.383 e. The summed E-state index contributed by atoms with van der Waals surface area (Å²) in [6, 6.07) is 10.7. The van der Waals surface area contributed by atoms with Crippen molar-refractivity contribution in [2.45, 2.75) is 12.5 Å². The average molecular weight is 352 g/mol. The fraction of sp³-hybridized carbons (Fsp3) is 0.235. The van der Waals surface area contributed by atoms with E-state index in [-0.39, 0.29) is 12.1 Å². The van der Waals surface area contributed by atoms with Gasteiger partial charge in [0.1, 0.15) is 17.3 Å². The maximum atomic E-state index is 12.2. The van der Waals surface area contributed by atoms with Gasteiger partial charge in [0, 0.05) is 30.9 Å². The molecular weight excluding hydrogens is 332 g/mol. The third-order valence-electron chi connectivity index (χ3n) is 4.31. The van der Waals surface area contributed by atoms with Crippen molar-refractivity contribution in [3.05, 3.63) is 42.6 Å². The molecule has 1 saturated heterocycles. The molecule has 2 amide bonds. The van der Waals surface area contributed by atoms with E-state index in [1.807, 2.05) is 18.2 Å². The van der Waals surface area contributed by atoms with Crippen LogP contribution in [0, 0.1) is 0 Å². The minimum absolute atomic E-state index is 0.133. The minimum Gasteiger partial charge on any atom is -0.383 e. The van der Waals surface area contributed by atoms with Gasteiger partial charge in [0.05, 0.1) is 6.20 Å². The molecule has 9 heteroatoms. The number of rotatable bonds is 3. The van der Waals surface area contributed by atoms with Gasteiger partial charge < -0.3 is 27.0 Å². The molecule has 1 aromatic carbocycles. The Balaban J connectivity index is 1.59. The van der Waals surface area contributed by atoms with E-state index in [0.29, 0.717) is 22.8 Å². The zero-order chi connectivity index (χ0) is 18.1. The second-order valence-electron chi connectivity index (χ2n) is 6.27. The Morgan fingerprint density at radius 2 is 2.04 bits per heavy atom. The molecule has 6 N–H and O–H groups in total. The van der Waals surface area contributed by atoms with Gasteiger partial charge in [-0.05, 0) is 18.6 Å². The first kappa shape index (κ1) is 16.2. The van der Waals surface area contributed by atoms with Crippen LogP contribution >= 0.6 is 0 Å². The van der Waals surface area contributed by atoms with Crippen molar-refractivity contribution in [3.63, 3.8) is 0 Å². The third kappa shape index (κ3) is 3.11. The van der Waals surface area contributed by atoms with Crippen LogP contribution in [0.1, 0.15) is 6.42 Å². The van der Waals surface area contributed by atoms with Crippen LogP contribution in [0.3, 0.4) is 0 Å². The van der Waals surface area contributed by atoms with Crippen molar-refractivity contribution >= 4 is 34.7 Å². The molecule has 0 saturated carbocycles. The second-order valence-corrected chi connectivity index (χ2v) is 6.27. The number of carbonyl (C=O) groups excluding carboxylic acids is 1. The molecule has 134 valence electrons. The summed E-state index contributed by atoms with van der Waals surface area (Å²) in [7, 11) is 0. The Kier molecular flexibility index (Phi) is 4.05. The van der Waals surface area contributed by atoms with Crippen LogP contribution in [-0.4, -0.2) is 39.8 Å². The number of benzene rings is 1. The van der Waals surface area contributed by atoms with Crippen LogP contribution in [0.15, 0.2) is 42.6 Å². The van der Waals surface area contributed by atoms with E-state index in [1.54, 1.807) is 18.2 Å². The van der Waals surface area contributed by atoms with E-state index in [0.717, 1.165) is 25.3 Å². The molecule has 1 atom stereocenters. The van der Waals surface area contributed by atoms with Crippen LogP contribution in [0.4, 0.5) is 27.8 Å². The predicted molar refractivity (Wildman–Crippen MR) is 101 cm³/mol. The van der Waals surface area contributed by atoms with Crippen LogP contribution in [0.25, 0.3) is 5.65 Å². The number of urea groups is 1. The number of para-hydroxylation sites is 1. The summed E-state index contributed by atoms with van der Waals surface area (Å²) < 4.78 is 1.50. The Bertz CT molecular complexity index is 939. The molecule has 1 aliphatic heterocycles. The molecule has 9 nitrogen and oxygen atoms in total. The van der Waals surface area contributed by atoms with E-state index < -0.39 is 0 Å². The summed E-state index contributed by atoms with van der Waals surface area (Å²) in [6.07, 6.45) is 2.44. The van der Waals surface area contributed by atoms with E-state index in [4.69, 9.17) is 11.5 Å². The molecule has 0 aliphatic carbocycles. The number of amides is 2. The van der Waals surface area contributed by atoms with Gasteiger partial charge in [-0.1, -0.05) is 18.2 Å². The van der Waals surface area contributed by atoms with Gasteiger partial charge in [-0.15, -0.1) is 0 Å². The summed E-state index contributed by atoms with van der Waals surface area (Å²) in [6.45, 7) is 1.56. The number of anilines is 4. The average Bonchev–Trinajstić information content (AvgIpc) is 3.23. The number of nitrogen functional groups attached to an aromatic ring is 1. The molecule has 2 aromatic heterocycles. The van der Waals surface area contributed by atoms with Gasteiger partial charge in [-0.25, -0.2) is 9.78 Å². The van der Waals surface area contributed by atoms with Crippen molar-refractivity contribution in [3.8, 4) is 0 Å². The molecular formula is C17H20N8O. The van der Waals surface area contributed by atoms with Crippen molar-refractivity contribution in [2.75, 3.05) is 34.4 Å². The summed E-state index contributed by atoms with van der Waals surface area (Å²) in [4.78, 5) is 19.0. The topological polar surface area (TPSA) is 127 Å². The highest BCUT2D eigenvalue weighted by molar-refractivity contribution is 6.01. The van der Waals surface area contributed by atoms with Gasteiger partial charge in [0.25, 0.3) is 0 Å². The highest BCUT2D eigenvalue weighted by Crippen LogP contribution is 2.25. The predicted octanol–water partition coefficient (Wildman–Crippen LogP) is 1.49. The fourth-order valence-corrected chi connectivity index (χ4v) is 3.02. The normalized spacial score (nSPS) is 16.8. The van der Waals surface area contributed by atoms with Gasteiger partial charge in [-0.2, -0.15) is 9.61 Å². The van der Waals surface area contributed by atoms with Crippen molar-refractivity contribution in [1.82, 2.24) is 14.6 Å². The SMILES string of the molecule is Nc1cc(N2CC[C@H](N)C2)nc2c(NC(=O)Nc3ccccc3)cnn12. The lowest BCUT2D eigenvalue weighted by Crippen LogP contribution is -2.27. The standard InChI is InChI=1S/C17H20N8O/c18-11-6-7-24(10-11)15-8-14(19)25-16(23-15)13(9-20-25)22-17(26)21-12-4-2-1-3-5-12/h1-5,8-9,11H,6-7,10,18-19H2,(H2,21,22,26)/t11-/m0/s1. The molecule has 4 rings (SSSR count). The number of aromatic nitrogens is 3. The van der Waals surface area contributed by atoms with Gasteiger partial charge in [0.2, 0.25) is 0 Å². The Morgan fingerprint density at radius 1 is 1.23 bits per heavy atom. The number of hydrogen-bond acceptors (Lipinski definition) is 6. The Morgan fingerprint density at radius 3 is 2.77 bits per heavy atom. The highest BCUT2D eigenvalue weighted by Gasteiger charge is 2.22. The zero-order valence-electron chi connectivity index (χ0n) is 14.1. The Labute approximate surface area is 150 Å². The molecule has 1 fully saturated rings. The number of fused-ring (bicyclic) bond motifs is 1. The third-order valence-corrected chi connectivity index (χ3v) is 4.31. The van der Waals surface area contributed by atoms with Gasteiger partial charge >= 0.3 is 6.03 Å². The number of nitrogens with one attached hydrogen (secondary N) is 2. The lowest BCUT2D eigenvalue weighted by Gasteiger charge is -2.17. The van der Waals surface area contributed by atoms with Crippen molar-refractivity contribution < 1.29 is 4.79 Å².